The van der Waals surface area contributed by atoms with E-state index in [0.717, 1.165) is 22.6 Å². The average molecular weight is 319 g/mol. The Kier molecular flexibility index (Phi) is 5.67. The van der Waals surface area contributed by atoms with Gasteiger partial charge in [0.25, 0.3) is 0 Å². The van der Waals surface area contributed by atoms with E-state index < -0.39 is 0 Å². The highest BCUT2D eigenvalue weighted by Gasteiger charge is 2.04. The second kappa shape index (κ2) is 7.71. The number of methoxy groups -OCH3 is 1. The van der Waals surface area contributed by atoms with Crippen LogP contribution in [0.25, 0.3) is 0 Å². The lowest BCUT2D eigenvalue weighted by atomic mass is 10.2. The SMILES string of the molecule is CCOc1ccc(/C=N\Nc2ccc(C)c(Cl)c2)cc1OC. The highest BCUT2D eigenvalue weighted by Crippen LogP contribution is 2.27. The van der Waals surface area contributed by atoms with Gasteiger partial charge >= 0.3 is 0 Å². The fourth-order valence-corrected chi connectivity index (χ4v) is 2.06. The van der Waals surface area contributed by atoms with Gasteiger partial charge in [-0.05, 0) is 55.3 Å². The van der Waals surface area contributed by atoms with E-state index in [1.807, 2.05) is 50.2 Å². The lowest BCUT2D eigenvalue weighted by Gasteiger charge is -2.09. The topological polar surface area (TPSA) is 42.8 Å². The highest BCUT2D eigenvalue weighted by atomic mass is 35.5. The maximum atomic E-state index is 6.07. The molecule has 4 nitrogen and oxygen atoms in total. The van der Waals surface area contributed by atoms with Gasteiger partial charge in [-0.3, -0.25) is 5.43 Å². The number of ether oxygens (including phenoxy) is 2. The first-order chi connectivity index (χ1) is 10.6. The lowest BCUT2D eigenvalue weighted by Crippen LogP contribution is -1.97. The molecule has 0 aliphatic rings. The number of nitrogens with one attached hydrogen (secondary N) is 1. The van der Waals surface area contributed by atoms with Crippen molar-refractivity contribution in [3.05, 3.63) is 52.5 Å². The van der Waals surface area contributed by atoms with Crippen molar-refractivity contribution in [2.24, 2.45) is 5.10 Å². The largest absolute Gasteiger partial charge is 0.493 e. The van der Waals surface area contributed by atoms with Gasteiger partial charge in [0.2, 0.25) is 0 Å². The minimum atomic E-state index is 0.597. The molecule has 2 rings (SSSR count). The summed E-state index contributed by atoms with van der Waals surface area (Å²) in [6.45, 7) is 4.49. The Balaban J connectivity index is 2.07. The van der Waals surface area contributed by atoms with E-state index in [1.54, 1.807) is 13.3 Å². The summed E-state index contributed by atoms with van der Waals surface area (Å²) in [5, 5.41) is 4.91. The van der Waals surface area contributed by atoms with Crippen molar-refractivity contribution in [2.75, 3.05) is 19.1 Å². The molecule has 0 aliphatic carbocycles. The van der Waals surface area contributed by atoms with Gasteiger partial charge in [0, 0.05) is 5.02 Å². The first kappa shape index (κ1) is 16.2. The third kappa shape index (κ3) is 4.15. The average Bonchev–Trinajstić information content (AvgIpc) is 2.52. The van der Waals surface area contributed by atoms with Gasteiger partial charge in [-0.15, -0.1) is 0 Å². The summed E-state index contributed by atoms with van der Waals surface area (Å²) in [4.78, 5) is 0. The fourth-order valence-electron chi connectivity index (χ4n) is 1.88. The molecule has 1 N–H and O–H groups in total. The van der Waals surface area contributed by atoms with Gasteiger partial charge in [0.15, 0.2) is 11.5 Å². The van der Waals surface area contributed by atoms with Crippen LogP contribution >= 0.6 is 11.6 Å². The molecule has 0 saturated heterocycles. The molecule has 2 aromatic rings. The number of rotatable bonds is 6. The van der Waals surface area contributed by atoms with E-state index in [2.05, 4.69) is 10.5 Å². The molecule has 0 aliphatic heterocycles. The van der Waals surface area contributed by atoms with Gasteiger partial charge < -0.3 is 9.47 Å². The summed E-state index contributed by atoms with van der Waals surface area (Å²) >= 11 is 6.07. The molecule has 0 bridgehead atoms. The molecule has 0 atom stereocenters. The molecule has 0 spiro atoms. The van der Waals surface area contributed by atoms with E-state index in [0.29, 0.717) is 17.4 Å². The van der Waals surface area contributed by atoms with Crippen molar-refractivity contribution in [3.8, 4) is 11.5 Å². The summed E-state index contributed by atoms with van der Waals surface area (Å²) in [6, 6.07) is 11.4. The van der Waals surface area contributed by atoms with Crippen LogP contribution in [-0.2, 0) is 0 Å². The molecule has 0 amide bonds. The van der Waals surface area contributed by atoms with Crippen molar-refractivity contribution in [1.82, 2.24) is 0 Å². The van der Waals surface area contributed by atoms with E-state index >= 15 is 0 Å². The molecular formula is C17H19ClN2O2. The summed E-state index contributed by atoms with van der Waals surface area (Å²) in [5.74, 6) is 1.41. The van der Waals surface area contributed by atoms with Gasteiger partial charge in [-0.2, -0.15) is 5.10 Å². The van der Waals surface area contributed by atoms with Crippen LogP contribution in [0.15, 0.2) is 41.5 Å². The number of halogens is 1. The Morgan fingerprint density at radius 3 is 2.68 bits per heavy atom. The fraction of sp³-hybridized carbons (Fsp3) is 0.235. The molecule has 116 valence electrons. The third-order valence-electron chi connectivity index (χ3n) is 3.07. The Labute approximate surface area is 135 Å². The molecule has 0 saturated carbocycles. The Morgan fingerprint density at radius 2 is 2.00 bits per heavy atom. The van der Waals surface area contributed by atoms with Crippen LogP contribution in [0.3, 0.4) is 0 Å². The number of hydrogen-bond acceptors (Lipinski definition) is 4. The zero-order valence-electron chi connectivity index (χ0n) is 12.9. The molecule has 5 heteroatoms. The molecule has 0 radical (unpaired) electrons. The first-order valence-electron chi connectivity index (χ1n) is 7.00. The van der Waals surface area contributed by atoms with E-state index in [-0.39, 0.29) is 0 Å². The van der Waals surface area contributed by atoms with Gasteiger partial charge in [0.05, 0.1) is 25.6 Å². The first-order valence-corrected chi connectivity index (χ1v) is 7.38. The molecule has 22 heavy (non-hydrogen) atoms. The smallest absolute Gasteiger partial charge is 0.161 e. The summed E-state index contributed by atoms with van der Waals surface area (Å²) in [5.41, 5.74) is 5.73. The molecule has 0 fully saturated rings. The lowest BCUT2D eigenvalue weighted by molar-refractivity contribution is 0.311. The van der Waals surface area contributed by atoms with Crippen LogP contribution in [0.1, 0.15) is 18.1 Å². The Morgan fingerprint density at radius 1 is 1.18 bits per heavy atom. The monoisotopic (exact) mass is 318 g/mol. The number of benzene rings is 2. The van der Waals surface area contributed by atoms with Crippen LogP contribution in [0.5, 0.6) is 11.5 Å². The maximum Gasteiger partial charge on any atom is 0.161 e. The minimum Gasteiger partial charge on any atom is -0.493 e. The van der Waals surface area contributed by atoms with Gasteiger partial charge in [-0.25, -0.2) is 0 Å². The summed E-state index contributed by atoms with van der Waals surface area (Å²) in [6.07, 6.45) is 1.71. The van der Waals surface area contributed by atoms with Crippen molar-refractivity contribution < 1.29 is 9.47 Å². The molecular weight excluding hydrogens is 300 g/mol. The molecule has 0 aromatic heterocycles. The predicted molar refractivity (Wildman–Crippen MR) is 91.6 cm³/mol. The second-order valence-electron chi connectivity index (χ2n) is 4.68. The Hall–Kier alpha value is -2.20. The van der Waals surface area contributed by atoms with E-state index in [4.69, 9.17) is 21.1 Å². The zero-order valence-corrected chi connectivity index (χ0v) is 13.6. The maximum absolute atomic E-state index is 6.07. The number of nitrogens with zero attached hydrogens (tertiary/aromatic N) is 1. The van der Waals surface area contributed by atoms with Crippen molar-refractivity contribution >= 4 is 23.5 Å². The predicted octanol–water partition coefficient (Wildman–Crippen LogP) is 4.50. The Bertz CT molecular complexity index is 672. The third-order valence-corrected chi connectivity index (χ3v) is 3.47. The molecule has 2 aromatic carbocycles. The zero-order chi connectivity index (χ0) is 15.9. The molecule has 0 heterocycles. The van der Waals surface area contributed by atoms with Crippen LogP contribution in [0.2, 0.25) is 5.02 Å². The van der Waals surface area contributed by atoms with E-state index in [9.17, 15) is 0 Å². The van der Waals surface area contributed by atoms with Crippen molar-refractivity contribution in [3.63, 3.8) is 0 Å². The van der Waals surface area contributed by atoms with Crippen LogP contribution in [0.4, 0.5) is 5.69 Å². The normalized spacial score (nSPS) is 10.7. The summed E-state index contributed by atoms with van der Waals surface area (Å²) < 4.78 is 10.8. The molecule has 0 unspecified atom stereocenters. The minimum absolute atomic E-state index is 0.597. The summed E-state index contributed by atoms with van der Waals surface area (Å²) in [7, 11) is 1.62. The number of aryl methyl sites for hydroxylation is 1. The number of hydrazone groups is 1. The van der Waals surface area contributed by atoms with Gasteiger partial charge in [-0.1, -0.05) is 17.7 Å². The van der Waals surface area contributed by atoms with E-state index in [1.165, 1.54) is 0 Å². The standard InChI is InChI=1S/C17H19ClN2O2/c1-4-22-16-8-6-13(9-17(16)21-3)11-19-20-14-7-5-12(2)15(18)10-14/h5-11,20H,4H2,1-3H3/b19-11-. The van der Waals surface area contributed by atoms with Gasteiger partial charge in [0.1, 0.15) is 0 Å². The van der Waals surface area contributed by atoms with Crippen molar-refractivity contribution in [2.45, 2.75) is 13.8 Å². The van der Waals surface area contributed by atoms with Crippen LogP contribution < -0.4 is 14.9 Å². The quantitative estimate of drug-likeness (QED) is 0.630. The number of anilines is 1. The number of hydrogen-bond donors (Lipinski definition) is 1. The second-order valence-corrected chi connectivity index (χ2v) is 5.08. The van der Waals surface area contributed by atoms with Crippen LogP contribution in [-0.4, -0.2) is 19.9 Å². The van der Waals surface area contributed by atoms with Crippen molar-refractivity contribution in [1.29, 1.82) is 0 Å². The highest BCUT2D eigenvalue weighted by molar-refractivity contribution is 6.31. The van der Waals surface area contributed by atoms with Crippen LogP contribution in [0, 0.1) is 6.92 Å².